The molecule has 114 valence electrons. The molecular weight excluding hydrogens is 266 g/mol. The number of carbonyl (C=O) groups is 2. The summed E-state index contributed by atoms with van der Waals surface area (Å²) in [6.45, 7) is 11.2. The van der Waals surface area contributed by atoms with Gasteiger partial charge in [-0.25, -0.2) is 4.79 Å². The number of hydrogen-bond donors (Lipinski definition) is 2. The number of amides is 1. The van der Waals surface area contributed by atoms with Crippen molar-refractivity contribution in [1.29, 1.82) is 0 Å². The first-order valence-corrected chi connectivity index (χ1v) is 6.97. The topological polar surface area (TPSA) is 66.4 Å². The van der Waals surface area contributed by atoms with E-state index in [-0.39, 0.29) is 11.8 Å². The molecule has 0 aliphatic heterocycles. The first-order valence-electron chi connectivity index (χ1n) is 6.97. The number of aliphatic carboxylic acids is 1. The van der Waals surface area contributed by atoms with Crippen LogP contribution in [0.3, 0.4) is 0 Å². The molecule has 0 aromatic heterocycles. The van der Waals surface area contributed by atoms with E-state index in [1.54, 1.807) is 19.1 Å². The van der Waals surface area contributed by atoms with Crippen molar-refractivity contribution in [3.63, 3.8) is 0 Å². The lowest BCUT2D eigenvalue weighted by molar-refractivity contribution is -0.142. The van der Waals surface area contributed by atoms with Crippen molar-refractivity contribution in [2.24, 2.45) is 5.92 Å². The molecule has 21 heavy (non-hydrogen) atoms. The van der Waals surface area contributed by atoms with Crippen LogP contribution < -0.4 is 5.32 Å². The maximum absolute atomic E-state index is 12.1. The molecule has 0 bridgehead atoms. The zero-order chi connectivity index (χ0) is 16.2. The van der Waals surface area contributed by atoms with Gasteiger partial charge in [-0.2, -0.15) is 0 Å². The molecular formula is C17H23NO3. The van der Waals surface area contributed by atoms with Gasteiger partial charge < -0.3 is 10.4 Å². The Labute approximate surface area is 125 Å². The molecule has 0 heterocycles. The highest BCUT2D eigenvalue weighted by Crippen LogP contribution is 2.22. The summed E-state index contributed by atoms with van der Waals surface area (Å²) in [5, 5.41) is 12.0. The van der Waals surface area contributed by atoms with E-state index in [9.17, 15) is 14.7 Å². The third-order valence-corrected chi connectivity index (χ3v) is 3.59. The summed E-state index contributed by atoms with van der Waals surface area (Å²) in [5.41, 5.74) is 3.41. The van der Waals surface area contributed by atoms with Crippen LogP contribution in [-0.4, -0.2) is 17.0 Å². The van der Waals surface area contributed by atoms with Crippen LogP contribution in [0.2, 0.25) is 0 Å². The van der Waals surface area contributed by atoms with Gasteiger partial charge in [-0.15, -0.1) is 6.58 Å². The van der Waals surface area contributed by atoms with Crippen molar-refractivity contribution < 1.29 is 14.7 Å². The van der Waals surface area contributed by atoms with E-state index in [4.69, 9.17) is 0 Å². The van der Waals surface area contributed by atoms with Gasteiger partial charge in [0, 0.05) is 5.92 Å². The third kappa shape index (κ3) is 4.45. The Morgan fingerprint density at radius 2 is 1.95 bits per heavy atom. The molecule has 4 nitrogen and oxygen atoms in total. The Kier molecular flexibility index (Phi) is 5.70. The van der Waals surface area contributed by atoms with Crippen molar-refractivity contribution in [2.75, 3.05) is 0 Å². The van der Waals surface area contributed by atoms with E-state index >= 15 is 0 Å². The van der Waals surface area contributed by atoms with Gasteiger partial charge in [-0.1, -0.05) is 30.7 Å². The van der Waals surface area contributed by atoms with Crippen LogP contribution in [-0.2, 0) is 9.59 Å². The van der Waals surface area contributed by atoms with Crippen LogP contribution in [0.25, 0.3) is 0 Å². The van der Waals surface area contributed by atoms with E-state index < -0.39 is 12.0 Å². The minimum Gasteiger partial charge on any atom is -0.479 e. The van der Waals surface area contributed by atoms with Crippen LogP contribution in [0, 0.1) is 19.8 Å². The van der Waals surface area contributed by atoms with Crippen molar-refractivity contribution in [1.82, 2.24) is 5.32 Å². The number of benzene rings is 1. The van der Waals surface area contributed by atoms with Gasteiger partial charge >= 0.3 is 5.97 Å². The fourth-order valence-electron chi connectivity index (χ4n) is 2.26. The summed E-state index contributed by atoms with van der Waals surface area (Å²) in [6, 6.07) is 4.44. The molecule has 0 saturated carbocycles. The second-order valence-corrected chi connectivity index (χ2v) is 5.63. The van der Waals surface area contributed by atoms with E-state index in [2.05, 4.69) is 11.9 Å². The highest BCUT2D eigenvalue weighted by molar-refractivity contribution is 5.86. The van der Waals surface area contributed by atoms with Gasteiger partial charge in [0.2, 0.25) is 5.91 Å². The summed E-state index contributed by atoms with van der Waals surface area (Å²) in [6.07, 6.45) is 0.547. The lowest BCUT2D eigenvalue weighted by atomic mass is 9.96. The molecule has 4 heteroatoms. The third-order valence-electron chi connectivity index (χ3n) is 3.59. The molecule has 0 fully saturated rings. The average Bonchev–Trinajstić information content (AvgIpc) is 2.38. The molecule has 0 spiro atoms. The summed E-state index contributed by atoms with van der Waals surface area (Å²) < 4.78 is 0. The summed E-state index contributed by atoms with van der Waals surface area (Å²) in [4.78, 5) is 23.7. The number of carboxylic acids is 1. The van der Waals surface area contributed by atoms with Crippen LogP contribution in [0.1, 0.15) is 43.0 Å². The van der Waals surface area contributed by atoms with Crippen molar-refractivity contribution in [2.45, 2.75) is 40.2 Å². The Hall–Kier alpha value is -2.10. The van der Waals surface area contributed by atoms with E-state index in [1.165, 1.54) is 0 Å². The summed E-state index contributed by atoms with van der Waals surface area (Å²) in [7, 11) is 0. The molecule has 0 aliphatic rings. The zero-order valence-corrected chi connectivity index (χ0v) is 13.1. The smallest absolute Gasteiger partial charge is 0.330 e. The normalized spacial score (nSPS) is 13.3. The van der Waals surface area contributed by atoms with Gasteiger partial charge in [-0.3, -0.25) is 4.79 Å². The van der Waals surface area contributed by atoms with Gasteiger partial charge in [0.25, 0.3) is 0 Å². The molecule has 0 aliphatic carbocycles. The quantitative estimate of drug-likeness (QED) is 0.791. The van der Waals surface area contributed by atoms with Gasteiger partial charge in [0.05, 0.1) is 0 Å². The molecule has 2 N–H and O–H groups in total. The Morgan fingerprint density at radius 1 is 1.33 bits per heavy atom. The highest BCUT2D eigenvalue weighted by atomic mass is 16.4. The van der Waals surface area contributed by atoms with E-state index in [1.807, 2.05) is 26.8 Å². The Bertz CT molecular complexity index is 563. The van der Waals surface area contributed by atoms with Gasteiger partial charge in [0.15, 0.2) is 6.04 Å². The SMILES string of the molecule is C=C(C)CC(C)C(=O)NC(C(=O)O)c1cccc(C)c1C. The maximum Gasteiger partial charge on any atom is 0.330 e. The summed E-state index contributed by atoms with van der Waals surface area (Å²) in [5.74, 6) is -1.62. The average molecular weight is 289 g/mol. The molecule has 1 aromatic rings. The Balaban J connectivity index is 2.98. The monoisotopic (exact) mass is 289 g/mol. The predicted octanol–water partition coefficient (Wildman–Crippen LogP) is 3.15. The van der Waals surface area contributed by atoms with Crippen molar-refractivity contribution in [3.05, 3.63) is 47.0 Å². The predicted molar refractivity (Wildman–Crippen MR) is 83.0 cm³/mol. The number of hydrogen-bond acceptors (Lipinski definition) is 2. The second-order valence-electron chi connectivity index (χ2n) is 5.63. The van der Waals surface area contributed by atoms with Crippen LogP contribution in [0.15, 0.2) is 30.4 Å². The molecule has 0 radical (unpaired) electrons. The number of allylic oxidation sites excluding steroid dienone is 1. The zero-order valence-electron chi connectivity index (χ0n) is 13.1. The lowest BCUT2D eigenvalue weighted by Gasteiger charge is -2.20. The number of aryl methyl sites for hydroxylation is 1. The van der Waals surface area contributed by atoms with Crippen LogP contribution >= 0.6 is 0 Å². The van der Waals surface area contributed by atoms with Crippen LogP contribution in [0.4, 0.5) is 0 Å². The fraction of sp³-hybridized carbons (Fsp3) is 0.412. The lowest BCUT2D eigenvalue weighted by Crippen LogP contribution is -2.37. The molecule has 0 saturated heterocycles. The first kappa shape index (κ1) is 17.0. The minimum absolute atomic E-state index is 0.272. The van der Waals surface area contributed by atoms with Gasteiger partial charge in [0.1, 0.15) is 0 Å². The number of carbonyl (C=O) groups excluding carboxylic acids is 1. The summed E-state index contributed by atoms with van der Waals surface area (Å²) >= 11 is 0. The number of carboxylic acid groups (broad SMARTS) is 1. The first-order chi connectivity index (χ1) is 9.73. The van der Waals surface area contributed by atoms with Crippen LogP contribution in [0.5, 0.6) is 0 Å². The maximum atomic E-state index is 12.1. The molecule has 2 atom stereocenters. The second kappa shape index (κ2) is 7.07. The number of rotatable bonds is 6. The number of nitrogens with one attached hydrogen (secondary N) is 1. The molecule has 1 rings (SSSR count). The van der Waals surface area contributed by atoms with E-state index in [0.29, 0.717) is 12.0 Å². The van der Waals surface area contributed by atoms with Crippen molar-refractivity contribution >= 4 is 11.9 Å². The molecule has 2 unspecified atom stereocenters. The van der Waals surface area contributed by atoms with Crippen molar-refractivity contribution in [3.8, 4) is 0 Å². The largest absolute Gasteiger partial charge is 0.479 e. The van der Waals surface area contributed by atoms with Gasteiger partial charge in [-0.05, 0) is 43.9 Å². The standard InChI is InChI=1S/C17H23NO3/c1-10(2)9-12(4)16(19)18-15(17(20)21)14-8-6-7-11(3)13(14)5/h6-8,12,15H,1,9H2,2-5H3,(H,18,19)(H,20,21). The molecule has 1 amide bonds. The minimum atomic E-state index is -1.06. The highest BCUT2D eigenvalue weighted by Gasteiger charge is 2.26. The fourth-order valence-corrected chi connectivity index (χ4v) is 2.26. The van der Waals surface area contributed by atoms with E-state index in [0.717, 1.165) is 16.7 Å². The molecule has 1 aromatic carbocycles. The Morgan fingerprint density at radius 3 is 2.48 bits per heavy atom.